The maximum absolute atomic E-state index is 11.0. The number of nitrogens with zero attached hydrogens (tertiary/aromatic N) is 2. The molecular formula is C10H14ClN3O. The normalized spacial score (nSPS) is 19.3. The molecule has 1 N–H and O–H groups in total. The Morgan fingerprint density at radius 3 is 2.80 bits per heavy atom. The molecule has 0 amide bonds. The van der Waals surface area contributed by atoms with Crippen LogP contribution in [0.25, 0.3) is 0 Å². The summed E-state index contributed by atoms with van der Waals surface area (Å²) < 4.78 is 0. The lowest BCUT2D eigenvalue weighted by molar-refractivity contribution is 0.253. The van der Waals surface area contributed by atoms with Crippen LogP contribution in [0.15, 0.2) is 10.9 Å². The largest absolute Gasteiger partial charge is 0.306 e. The molecule has 1 aliphatic rings. The second-order valence-corrected chi connectivity index (χ2v) is 4.45. The van der Waals surface area contributed by atoms with E-state index in [-0.39, 0.29) is 10.6 Å². The summed E-state index contributed by atoms with van der Waals surface area (Å²) in [4.78, 5) is 13.3. The molecule has 2 heterocycles. The minimum atomic E-state index is -0.312. The molecule has 0 saturated carbocycles. The molecule has 1 fully saturated rings. The highest BCUT2D eigenvalue weighted by atomic mass is 35.5. The summed E-state index contributed by atoms with van der Waals surface area (Å²) >= 11 is 5.77. The van der Waals surface area contributed by atoms with Crippen molar-refractivity contribution in [3.63, 3.8) is 0 Å². The Hall–Kier alpha value is -0.870. The van der Waals surface area contributed by atoms with Gasteiger partial charge in [-0.1, -0.05) is 11.6 Å². The molecule has 2 rings (SSSR count). The van der Waals surface area contributed by atoms with Gasteiger partial charge >= 0.3 is 0 Å². The maximum atomic E-state index is 11.0. The number of H-pyrrole nitrogens is 1. The number of hydrogen-bond donors (Lipinski definition) is 1. The number of rotatable bonds is 1. The predicted octanol–water partition coefficient (Wildman–Crippen LogP) is 1.23. The van der Waals surface area contributed by atoms with Crippen molar-refractivity contribution in [3.8, 4) is 0 Å². The second-order valence-electron chi connectivity index (χ2n) is 4.05. The lowest BCUT2D eigenvalue weighted by Gasteiger charge is -2.28. The van der Waals surface area contributed by atoms with Crippen molar-refractivity contribution < 1.29 is 0 Å². The number of likely N-dealkylation sites (tertiary alicyclic amines) is 1. The van der Waals surface area contributed by atoms with Crippen LogP contribution < -0.4 is 5.56 Å². The van der Waals surface area contributed by atoms with Gasteiger partial charge in [-0.2, -0.15) is 5.10 Å². The third-order valence-corrected chi connectivity index (χ3v) is 3.20. The number of halogens is 1. The summed E-state index contributed by atoms with van der Waals surface area (Å²) in [6.45, 7) is 2.15. The summed E-state index contributed by atoms with van der Waals surface area (Å²) in [6.07, 6.45) is 2.15. The zero-order valence-electron chi connectivity index (χ0n) is 8.66. The standard InChI is InChI=1S/C10H14ClN3O/c1-14-4-2-7(3-5-14)9-6-8(11)10(15)13-12-9/h6-7H,2-5H2,1H3,(H,13,15). The molecular weight excluding hydrogens is 214 g/mol. The second kappa shape index (κ2) is 4.33. The Morgan fingerprint density at radius 1 is 1.53 bits per heavy atom. The lowest BCUT2D eigenvalue weighted by atomic mass is 9.94. The van der Waals surface area contributed by atoms with Crippen molar-refractivity contribution in [1.29, 1.82) is 0 Å². The maximum Gasteiger partial charge on any atom is 0.282 e. The lowest BCUT2D eigenvalue weighted by Crippen LogP contribution is -2.30. The van der Waals surface area contributed by atoms with E-state index in [2.05, 4.69) is 22.1 Å². The fourth-order valence-corrected chi connectivity index (χ4v) is 2.06. The number of hydrogen-bond acceptors (Lipinski definition) is 3. The van der Waals surface area contributed by atoms with Crippen LogP contribution in [0.3, 0.4) is 0 Å². The first-order chi connectivity index (χ1) is 7.16. The summed E-state index contributed by atoms with van der Waals surface area (Å²) in [6, 6.07) is 1.69. The Kier molecular flexibility index (Phi) is 3.07. The highest BCUT2D eigenvalue weighted by Crippen LogP contribution is 2.25. The number of piperidine rings is 1. The van der Waals surface area contributed by atoms with Gasteiger partial charge in [0.15, 0.2) is 0 Å². The molecule has 0 unspecified atom stereocenters. The highest BCUT2D eigenvalue weighted by Gasteiger charge is 2.20. The minimum Gasteiger partial charge on any atom is -0.306 e. The molecule has 0 bridgehead atoms. The predicted molar refractivity (Wildman–Crippen MR) is 59.3 cm³/mol. The smallest absolute Gasteiger partial charge is 0.282 e. The molecule has 1 saturated heterocycles. The summed E-state index contributed by atoms with van der Waals surface area (Å²) in [7, 11) is 2.11. The van der Waals surface area contributed by atoms with Crippen molar-refractivity contribution in [2.24, 2.45) is 0 Å². The van der Waals surface area contributed by atoms with E-state index in [0.717, 1.165) is 31.6 Å². The van der Waals surface area contributed by atoms with Gasteiger partial charge in [-0.3, -0.25) is 4.79 Å². The van der Waals surface area contributed by atoms with Crippen molar-refractivity contribution in [2.75, 3.05) is 20.1 Å². The Labute approximate surface area is 93.2 Å². The summed E-state index contributed by atoms with van der Waals surface area (Å²) in [5.74, 6) is 0.426. The Morgan fingerprint density at radius 2 is 2.20 bits per heavy atom. The van der Waals surface area contributed by atoms with Crippen LogP contribution in [0, 0.1) is 0 Å². The molecule has 15 heavy (non-hydrogen) atoms. The number of nitrogens with one attached hydrogen (secondary N) is 1. The van der Waals surface area contributed by atoms with Crippen molar-refractivity contribution in [3.05, 3.63) is 27.1 Å². The quantitative estimate of drug-likeness (QED) is 0.785. The van der Waals surface area contributed by atoms with Gasteiger partial charge in [-0.05, 0) is 39.0 Å². The SMILES string of the molecule is CN1CCC(c2cc(Cl)c(=O)[nH]n2)CC1. The third kappa shape index (κ3) is 2.38. The van der Waals surface area contributed by atoms with E-state index in [9.17, 15) is 4.79 Å². The monoisotopic (exact) mass is 227 g/mol. The number of aromatic amines is 1. The van der Waals surface area contributed by atoms with E-state index in [0.29, 0.717) is 5.92 Å². The summed E-state index contributed by atoms with van der Waals surface area (Å²) in [5.41, 5.74) is 0.598. The molecule has 0 spiro atoms. The first-order valence-corrected chi connectivity index (χ1v) is 5.48. The summed E-state index contributed by atoms with van der Waals surface area (Å²) in [5, 5.41) is 6.71. The topological polar surface area (TPSA) is 49.0 Å². The fraction of sp³-hybridized carbons (Fsp3) is 0.600. The molecule has 1 aromatic rings. The van der Waals surface area contributed by atoms with Crippen LogP contribution in [0.1, 0.15) is 24.5 Å². The molecule has 5 heteroatoms. The van der Waals surface area contributed by atoms with E-state index in [4.69, 9.17) is 11.6 Å². The first kappa shape index (κ1) is 10.6. The van der Waals surface area contributed by atoms with Gasteiger partial charge in [0.05, 0.1) is 5.69 Å². The average molecular weight is 228 g/mol. The van der Waals surface area contributed by atoms with E-state index >= 15 is 0 Å². The van der Waals surface area contributed by atoms with E-state index < -0.39 is 0 Å². The van der Waals surface area contributed by atoms with Crippen LogP contribution in [0.2, 0.25) is 5.02 Å². The van der Waals surface area contributed by atoms with Gasteiger partial charge in [0.2, 0.25) is 0 Å². The zero-order chi connectivity index (χ0) is 10.8. The number of aromatic nitrogens is 2. The van der Waals surface area contributed by atoms with Crippen LogP contribution in [-0.2, 0) is 0 Å². The molecule has 82 valence electrons. The molecule has 0 aliphatic carbocycles. The zero-order valence-corrected chi connectivity index (χ0v) is 9.42. The highest BCUT2D eigenvalue weighted by molar-refractivity contribution is 6.30. The Bertz CT molecular complexity index is 396. The first-order valence-electron chi connectivity index (χ1n) is 5.10. The van der Waals surface area contributed by atoms with E-state index in [1.807, 2.05) is 0 Å². The molecule has 1 aliphatic heterocycles. The van der Waals surface area contributed by atoms with Crippen LogP contribution in [-0.4, -0.2) is 35.2 Å². The minimum absolute atomic E-state index is 0.235. The van der Waals surface area contributed by atoms with Crippen LogP contribution in [0.5, 0.6) is 0 Å². The van der Waals surface area contributed by atoms with Gasteiger partial charge in [-0.25, -0.2) is 5.10 Å². The van der Waals surface area contributed by atoms with Gasteiger partial charge in [0.1, 0.15) is 5.02 Å². The van der Waals surface area contributed by atoms with Crippen LogP contribution in [0.4, 0.5) is 0 Å². The van der Waals surface area contributed by atoms with Gasteiger partial charge in [0.25, 0.3) is 5.56 Å². The Balaban J connectivity index is 2.16. The molecule has 0 radical (unpaired) electrons. The molecule has 4 nitrogen and oxygen atoms in total. The van der Waals surface area contributed by atoms with Crippen molar-refractivity contribution in [1.82, 2.24) is 15.1 Å². The average Bonchev–Trinajstić information content (AvgIpc) is 2.23. The van der Waals surface area contributed by atoms with E-state index in [1.165, 1.54) is 0 Å². The molecule has 1 aromatic heterocycles. The van der Waals surface area contributed by atoms with Crippen molar-refractivity contribution in [2.45, 2.75) is 18.8 Å². The molecule has 0 atom stereocenters. The van der Waals surface area contributed by atoms with E-state index in [1.54, 1.807) is 6.07 Å². The molecule has 0 aromatic carbocycles. The third-order valence-electron chi connectivity index (χ3n) is 2.91. The van der Waals surface area contributed by atoms with Crippen molar-refractivity contribution >= 4 is 11.6 Å². The fourth-order valence-electron chi connectivity index (χ4n) is 1.91. The van der Waals surface area contributed by atoms with Gasteiger partial charge < -0.3 is 4.90 Å². The van der Waals surface area contributed by atoms with Gasteiger partial charge in [0, 0.05) is 5.92 Å². The van der Waals surface area contributed by atoms with Gasteiger partial charge in [-0.15, -0.1) is 0 Å². The van der Waals surface area contributed by atoms with Crippen LogP contribution >= 0.6 is 11.6 Å².